The normalized spacial score (nSPS) is 23.2. The molecule has 126 valence electrons. The van der Waals surface area contributed by atoms with Gasteiger partial charge in [0.2, 0.25) is 10.0 Å². The fourth-order valence-electron chi connectivity index (χ4n) is 2.92. The molecule has 1 amide bonds. The number of benzene rings is 1. The molecule has 2 aliphatic rings. The maximum Gasteiger partial charge on any atom is 0.251 e. The molecule has 1 aromatic rings. The first-order valence-electron chi connectivity index (χ1n) is 7.65. The molecule has 1 atom stereocenters. The van der Waals surface area contributed by atoms with Crippen molar-refractivity contribution in [1.82, 2.24) is 9.21 Å². The lowest BCUT2D eigenvalue weighted by atomic mass is 10.2. The molecule has 2 heterocycles. The SMILES string of the molecule is O=C(C1CCCO1)N1CCN(S(=O)(=O)c2ccccc2Br)CC1. The van der Waals surface area contributed by atoms with E-state index in [0.29, 0.717) is 37.3 Å². The van der Waals surface area contributed by atoms with E-state index in [-0.39, 0.29) is 16.9 Å². The summed E-state index contributed by atoms with van der Waals surface area (Å²) >= 11 is 3.29. The molecule has 0 radical (unpaired) electrons. The standard InChI is InChI=1S/C15H19BrN2O4S/c16-12-4-1-2-6-14(12)23(20,21)18-9-7-17(8-10-18)15(19)13-5-3-11-22-13/h1-2,4,6,13H,3,5,7-11H2. The summed E-state index contributed by atoms with van der Waals surface area (Å²) in [6.07, 6.45) is 1.32. The minimum Gasteiger partial charge on any atom is -0.368 e. The zero-order valence-electron chi connectivity index (χ0n) is 12.7. The fourth-order valence-corrected chi connectivity index (χ4v) is 5.30. The summed E-state index contributed by atoms with van der Waals surface area (Å²) in [5, 5.41) is 0. The number of amides is 1. The highest BCUT2D eigenvalue weighted by Gasteiger charge is 2.34. The van der Waals surface area contributed by atoms with Gasteiger partial charge < -0.3 is 9.64 Å². The lowest BCUT2D eigenvalue weighted by molar-refractivity contribution is -0.142. The second-order valence-electron chi connectivity index (χ2n) is 5.66. The highest BCUT2D eigenvalue weighted by atomic mass is 79.9. The van der Waals surface area contributed by atoms with Gasteiger partial charge in [0.1, 0.15) is 6.10 Å². The summed E-state index contributed by atoms with van der Waals surface area (Å²) in [7, 11) is -3.54. The average molecular weight is 403 g/mol. The van der Waals surface area contributed by atoms with Crippen LogP contribution in [0.25, 0.3) is 0 Å². The predicted molar refractivity (Wildman–Crippen MR) is 88.5 cm³/mol. The van der Waals surface area contributed by atoms with E-state index < -0.39 is 10.0 Å². The van der Waals surface area contributed by atoms with Gasteiger partial charge >= 0.3 is 0 Å². The van der Waals surface area contributed by atoms with Crippen LogP contribution in [0.2, 0.25) is 0 Å². The number of rotatable bonds is 3. The van der Waals surface area contributed by atoms with Crippen LogP contribution in [0.5, 0.6) is 0 Å². The Morgan fingerprint density at radius 1 is 1.17 bits per heavy atom. The summed E-state index contributed by atoms with van der Waals surface area (Å²) < 4.78 is 32.8. The second-order valence-corrected chi connectivity index (χ2v) is 8.42. The van der Waals surface area contributed by atoms with E-state index in [1.807, 2.05) is 0 Å². The Bertz CT molecular complexity index is 680. The Kier molecular flexibility index (Phi) is 5.05. The lowest BCUT2D eigenvalue weighted by Gasteiger charge is -2.35. The van der Waals surface area contributed by atoms with Crippen LogP contribution in [0.3, 0.4) is 0 Å². The number of ether oxygens (including phenoxy) is 1. The molecule has 2 fully saturated rings. The number of carbonyl (C=O) groups excluding carboxylic acids is 1. The van der Waals surface area contributed by atoms with Crippen LogP contribution in [0.4, 0.5) is 0 Å². The molecule has 0 N–H and O–H groups in total. The molecule has 2 saturated heterocycles. The zero-order chi connectivity index (χ0) is 16.4. The van der Waals surface area contributed by atoms with Crippen LogP contribution < -0.4 is 0 Å². The van der Waals surface area contributed by atoms with E-state index in [0.717, 1.165) is 12.8 Å². The molecule has 0 spiro atoms. The van der Waals surface area contributed by atoms with Crippen LogP contribution in [0.1, 0.15) is 12.8 Å². The van der Waals surface area contributed by atoms with Crippen LogP contribution >= 0.6 is 15.9 Å². The number of hydrogen-bond donors (Lipinski definition) is 0. The van der Waals surface area contributed by atoms with E-state index in [9.17, 15) is 13.2 Å². The first-order chi connectivity index (χ1) is 11.0. The van der Waals surface area contributed by atoms with Crippen LogP contribution in [-0.4, -0.2) is 62.4 Å². The van der Waals surface area contributed by atoms with E-state index in [4.69, 9.17) is 4.74 Å². The highest BCUT2D eigenvalue weighted by Crippen LogP contribution is 2.25. The first-order valence-corrected chi connectivity index (χ1v) is 9.88. The Labute approximate surface area is 144 Å². The van der Waals surface area contributed by atoms with Gasteiger partial charge in [-0.3, -0.25) is 4.79 Å². The van der Waals surface area contributed by atoms with Crippen molar-refractivity contribution in [3.8, 4) is 0 Å². The Balaban J connectivity index is 1.66. The second kappa shape index (κ2) is 6.88. The molecule has 0 aliphatic carbocycles. The number of carbonyl (C=O) groups is 1. The Hall–Kier alpha value is -0.960. The van der Waals surface area contributed by atoms with Gasteiger partial charge in [-0.1, -0.05) is 12.1 Å². The van der Waals surface area contributed by atoms with Crippen LogP contribution in [0.15, 0.2) is 33.6 Å². The van der Waals surface area contributed by atoms with Crippen molar-refractivity contribution in [3.63, 3.8) is 0 Å². The monoisotopic (exact) mass is 402 g/mol. The molecule has 0 saturated carbocycles. The largest absolute Gasteiger partial charge is 0.368 e. The number of halogens is 1. The van der Waals surface area contributed by atoms with Gasteiger partial charge in [-0.25, -0.2) is 8.42 Å². The number of sulfonamides is 1. The summed E-state index contributed by atoms with van der Waals surface area (Å²) in [6.45, 7) is 2.06. The molecule has 6 nitrogen and oxygen atoms in total. The first kappa shape index (κ1) is 16.9. The molecule has 8 heteroatoms. The smallest absolute Gasteiger partial charge is 0.251 e. The summed E-state index contributed by atoms with van der Waals surface area (Å²) in [5.41, 5.74) is 0. The number of nitrogens with zero attached hydrogens (tertiary/aromatic N) is 2. The van der Waals surface area contributed by atoms with Gasteiger partial charge in [0.05, 0.1) is 4.90 Å². The summed E-state index contributed by atoms with van der Waals surface area (Å²) in [5.74, 6) is -0.0135. The molecule has 0 bridgehead atoms. The quantitative estimate of drug-likeness (QED) is 0.767. The molecule has 0 aromatic heterocycles. The van der Waals surface area contributed by atoms with Crippen molar-refractivity contribution >= 4 is 31.9 Å². The van der Waals surface area contributed by atoms with Crippen LogP contribution in [0, 0.1) is 0 Å². The van der Waals surface area contributed by atoms with Crippen molar-refractivity contribution in [2.45, 2.75) is 23.8 Å². The minimum absolute atomic E-state index is 0.0135. The molecule has 2 aliphatic heterocycles. The van der Waals surface area contributed by atoms with Gasteiger partial charge in [0, 0.05) is 37.3 Å². The molecule has 1 unspecified atom stereocenters. The van der Waals surface area contributed by atoms with E-state index in [1.54, 1.807) is 29.2 Å². The average Bonchev–Trinajstić information content (AvgIpc) is 3.09. The third-order valence-electron chi connectivity index (χ3n) is 4.21. The minimum atomic E-state index is -3.54. The molecule has 23 heavy (non-hydrogen) atoms. The number of hydrogen-bond acceptors (Lipinski definition) is 4. The van der Waals surface area contributed by atoms with Crippen molar-refractivity contribution in [3.05, 3.63) is 28.7 Å². The van der Waals surface area contributed by atoms with Crippen molar-refractivity contribution in [2.75, 3.05) is 32.8 Å². The molecular formula is C15H19BrN2O4S. The maximum absolute atomic E-state index is 12.7. The summed E-state index contributed by atoms with van der Waals surface area (Å²) in [6, 6.07) is 6.78. The summed E-state index contributed by atoms with van der Waals surface area (Å²) in [4.78, 5) is 14.3. The Morgan fingerprint density at radius 3 is 2.48 bits per heavy atom. The number of piperazine rings is 1. The van der Waals surface area contributed by atoms with Gasteiger partial charge in [-0.05, 0) is 40.9 Å². The van der Waals surface area contributed by atoms with Crippen LogP contribution in [-0.2, 0) is 19.6 Å². The molecule has 1 aromatic carbocycles. The van der Waals surface area contributed by atoms with Gasteiger partial charge in [0.15, 0.2) is 0 Å². The predicted octanol–water partition coefficient (Wildman–Crippen LogP) is 1.46. The van der Waals surface area contributed by atoms with Crippen molar-refractivity contribution in [1.29, 1.82) is 0 Å². The lowest BCUT2D eigenvalue weighted by Crippen LogP contribution is -2.52. The zero-order valence-corrected chi connectivity index (χ0v) is 15.1. The molecular weight excluding hydrogens is 384 g/mol. The van der Waals surface area contributed by atoms with E-state index >= 15 is 0 Å². The van der Waals surface area contributed by atoms with E-state index in [1.165, 1.54) is 4.31 Å². The highest BCUT2D eigenvalue weighted by molar-refractivity contribution is 9.10. The van der Waals surface area contributed by atoms with Gasteiger partial charge in [0.25, 0.3) is 5.91 Å². The third kappa shape index (κ3) is 3.45. The van der Waals surface area contributed by atoms with Gasteiger partial charge in [-0.15, -0.1) is 0 Å². The van der Waals surface area contributed by atoms with Crippen molar-refractivity contribution < 1.29 is 17.9 Å². The topological polar surface area (TPSA) is 66.9 Å². The van der Waals surface area contributed by atoms with E-state index in [2.05, 4.69) is 15.9 Å². The fraction of sp³-hybridized carbons (Fsp3) is 0.533. The van der Waals surface area contributed by atoms with Gasteiger partial charge in [-0.2, -0.15) is 4.31 Å². The Morgan fingerprint density at radius 2 is 1.87 bits per heavy atom. The third-order valence-corrected chi connectivity index (χ3v) is 7.12. The maximum atomic E-state index is 12.7. The molecule has 3 rings (SSSR count). The van der Waals surface area contributed by atoms with Crippen molar-refractivity contribution in [2.24, 2.45) is 0 Å².